The molecule has 0 aliphatic heterocycles. The molecular weight excluding hydrogens is 262 g/mol. The largest absolute Gasteiger partial charge is 0.444 e. The number of nitrogens with zero attached hydrogens (tertiary/aromatic N) is 1. The van der Waals surface area contributed by atoms with Crippen LogP contribution in [0.2, 0.25) is 4.34 Å². The highest BCUT2D eigenvalue weighted by molar-refractivity contribution is 7.19. The third kappa shape index (κ3) is 6.33. The van der Waals surface area contributed by atoms with Crippen LogP contribution in [-0.4, -0.2) is 29.8 Å². The second-order valence-electron chi connectivity index (χ2n) is 4.32. The second-order valence-corrected chi connectivity index (χ2v) is 5.99. The molecule has 0 fully saturated rings. The van der Waals surface area contributed by atoms with E-state index in [9.17, 15) is 4.79 Å². The number of hydrogen-bond donors (Lipinski definition) is 2. The standard InChI is InChI=1S/C10H16ClN3O2S/c1-10(2,3)16-9(15)13-5-4-12-8-14-6-7(11)17-8/h6H,4-5H2,1-3H3,(H,12,14)(H,13,15). The third-order valence-corrected chi connectivity index (χ3v) is 2.62. The monoisotopic (exact) mass is 277 g/mol. The molecule has 7 heteroatoms. The van der Waals surface area contributed by atoms with Crippen LogP contribution < -0.4 is 10.6 Å². The van der Waals surface area contributed by atoms with E-state index in [4.69, 9.17) is 16.3 Å². The Bertz CT molecular complexity index is 376. The Kier molecular flexibility index (Phi) is 5.02. The van der Waals surface area contributed by atoms with Gasteiger partial charge in [0.25, 0.3) is 0 Å². The summed E-state index contributed by atoms with van der Waals surface area (Å²) in [6.07, 6.45) is 1.16. The Morgan fingerprint density at radius 1 is 1.53 bits per heavy atom. The molecule has 0 saturated carbocycles. The van der Waals surface area contributed by atoms with Crippen LogP contribution >= 0.6 is 22.9 Å². The van der Waals surface area contributed by atoms with Crippen LogP contribution in [0.4, 0.5) is 9.93 Å². The van der Waals surface area contributed by atoms with Gasteiger partial charge in [-0.3, -0.25) is 0 Å². The van der Waals surface area contributed by atoms with Gasteiger partial charge in [0.2, 0.25) is 0 Å². The van der Waals surface area contributed by atoms with Crippen molar-refractivity contribution >= 4 is 34.2 Å². The maximum absolute atomic E-state index is 11.3. The van der Waals surface area contributed by atoms with E-state index in [0.717, 1.165) is 5.13 Å². The topological polar surface area (TPSA) is 63.2 Å². The molecule has 1 aromatic heterocycles. The van der Waals surface area contributed by atoms with E-state index in [-0.39, 0.29) is 0 Å². The fraction of sp³-hybridized carbons (Fsp3) is 0.600. The van der Waals surface area contributed by atoms with Gasteiger partial charge in [-0.2, -0.15) is 0 Å². The summed E-state index contributed by atoms with van der Waals surface area (Å²) in [5.41, 5.74) is -0.472. The van der Waals surface area contributed by atoms with E-state index in [1.165, 1.54) is 11.3 Å². The van der Waals surface area contributed by atoms with Crippen molar-refractivity contribution in [2.45, 2.75) is 26.4 Å². The average molecular weight is 278 g/mol. The fourth-order valence-electron chi connectivity index (χ4n) is 0.984. The number of thiazole rings is 1. The quantitative estimate of drug-likeness (QED) is 0.831. The van der Waals surface area contributed by atoms with Gasteiger partial charge in [0, 0.05) is 13.1 Å². The third-order valence-electron chi connectivity index (χ3n) is 1.55. The second kappa shape index (κ2) is 6.07. The van der Waals surface area contributed by atoms with Crippen molar-refractivity contribution in [2.75, 3.05) is 18.4 Å². The first-order chi connectivity index (χ1) is 7.87. The normalized spacial score (nSPS) is 11.1. The minimum absolute atomic E-state index is 0.420. The Hall–Kier alpha value is -1.01. The summed E-state index contributed by atoms with van der Waals surface area (Å²) in [6.45, 7) is 6.50. The van der Waals surface area contributed by atoms with E-state index in [1.807, 2.05) is 20.8 Å². The molecule has 0 aromatic carbocycles. The molecule has 5 nitrogen and oxygen atoms in total. The highest BCUT2D eigenvalue weighted by Gasteiger charge is 2.15. The van der Waals surface area contributed by atoms with E-state index in [1.54, 1.807) is 6.20 Å². The van der Waals surface area contributed by atoms with Gasteiger partial charge in [0.15, 0.2) is 5.13 Å². The van der Waals surface area contributed by atoms with E-state index in [0.29, 0.717) is 17.4 Å². The van der Waals surface area contributed by atoms with E-state index < -0.39 is 11.7 Å². The van der Waals surface area contributed by atoms with Gasteiger partial charge in [-0.05, 0) is 20.8 Å². The molecular formula is C10H16ClN3O2S. The number of carbonyl (C=O) groups is 1. The zero-order chi connectivity index (χ0) is 12.9. The molecule has 0 radical (unpaired) electrons. The molecule has 0 saturated heterocycles. The molecule has 17 heavy (non-hydrogen) atoms. The van der Waals surface area contributed by atoms with Gasteiger partial charge in [-0.25, -0.2) is 9.78 Å². The minimum Gasteiger partial charge on any atom is -0.444 e. The zero-order valence-electron chi connectivity index (χ0n) is 10.0. The number of carbonyl (C=O) groups excluding carboxylic acids is 1. The lowest BCUT2D eigenvalue weighted by atomic mass is 10.2. The van der Waals surface area contributed by atoms with Crippen molar-refractivity contribution in [1.29, 1.82) is 0 Å². The smallest absolute Gasteiger partial charge is 0.407 e. The highest BCUT2D eigenvalue weighted by Crippen LogP contribution is 2.21. The molecule has 2 N–H and O–H groups in total. The van der Waals surface area contributed by atoms with Crippen molar-refractivity contribution in [2.24, 2.45) is 0 Å². The Balaban J connectivity index is 2.14. The lowest BCUT2D eigenvalue weighted by Gasteiger charge is -2.19. The Morgan fingerprint density at radius 3 is 2.76 bits per heavy atom. The van der Waals surface area contributed by atoms with Gasteiger partial charge >= 0.3 is 6.09 Å². The van der Waals surface area contributed by atoms with Gasteiger partial charge in [-0.1, -0.05) is 22.9 Å². The minimum atomic E-state index is -0.472. The van der Waals surface area contributed by atoms with Gasteiger partial charge in [0.05, 0.1) is 6.20 Å². The summed E-state index contributed by atoms with van der Waals surface area (Å²) in [4.78, 5) is 15.3. The summed E-state index contributed by atoms with van der Waals surface area (Å²) in [6, 6.07) is 0. The summed E-state index contributed by atoms with van der Waals surface area (Å²) in [5.74, 6) is 0. The lowest BCUT2D eigenvalue weighted by Crippen LogP contribution is -2.34. The maximum Gasteiger partial charge on any atom is 0.407 e. The van der Waals surface area contributed by atoms with Gasteiger partial charge in [0.1, 0.15) is 9.94 Å². The fourth-order valence-corrected chi connectivity index (χ4v) is 1.82. The van der Waals surface area contributed by atoms with Crippen molar-refractivity contribution < 1.29 is 9.53 Å². The molecule has 1 rings (SSSR count). The molecule has 0 bridgehead atoms. The number of nitrogens with one attached hydrogen (secondary N) is 2. The number of amides is 1. The molecule has 0 spiro atoms. The van der Waals surface area contributed by atoms with Gasteiger partial charge < -0.3 is 15.4 Å². The molecule has 1 aromatic rings. The van der Waals surface area contributed by atoms with Crippen molar-refractivity contribution in [3.8, 4) is 0 Å². The van der Waals surface area contributed by atoms with Crippen LogP contribution in [0.1, 0.15) is 20.8 Å². The molecule has 0 aliphatic rings. The number of aromatic nitrogens is 1. The van der Waals surface area contributed by atoms with E-state index >= 15 is 0 Å². The molecule has 0 unspecified atom stereocenters. The zero-order valence-corrected chi connectivity index (χ0v) is 11.6. The number of alkyl carbamates (subject to hydrolysis) is 1. The van der Waals surface area contributed by atoms with Crippen LogP contribution in [0.3, 0.4) is 0 Å². The van der Waals surface area contributed by atoms with Crippen LogP contribution in [-0.2, 0) is 4.74 Å². The molecule has 1 heterocycles. The predicted octanol–water partition coefficient (Wildman–Crippen LogP) is 2.73. The number of rotatable bonds is 4. The number of halogens is 1. The summed E-state index contributed by atoms with van der Waals surface area (Å²) < 4.78 is 5.71. The summed E-state index contributed by atoms with van der Waals surface area (Å²) >= 11 is 7.08. The Morgan fingerprint density at radius 2 is 2.24 bits per heavy atom. The SMILES string of the molecule is CC(C)(C)OC(=O)NCCNc1ncc(Cl)s1. The van der Waals surface area contributed by atoms with Crippen molar-refractivity contribution in [3.63, 3.8) is 0 Å². The van der Waals surface area contributed by atoms with Crippen molar-refractivity contribution in [1.82, 2.24) is 10.3 Å². The average Bonchev–Trinajstić information content (AvgIpc) is 2.56. The molecule has 0 aliphatic carbocycles. The van der Waals surface area contributed by atoms with E-state index in [2.05, 4.69) is 15.6 Å². The first-order valence-electron chi connectivity index (χ1n) is 5.19. The Labute approximate surface area is 110 Å². The van der Waals surface area contributed by atoms with Crippen LogP contribution in [0.5, 0.6) is 0 Å². The highest BCUT2D eigenvalue weighted by atomic mass is 35.5. The first kappa shape index (κ1) is 14.1. The summed E-state index contributed by atoms with van der Waals surface area (Å²) in [7, 11) is 0. The van der Waals surface area contributed by atoms with Crippen LogP contribution in [0.15, 0.2) is 6.20 Å². The number of ether oxygens (including phenoxy) is 1. The van der Waals surface area contributed by atoms with Crippen LogP contribution in [0.25, 0.3) is 0 Å². The maximum atomic E-state index is 11.3. The summed E-state index contributed by atoms with van der Waals surface area (Å²) in [5, 5.41) is 6.41. The first-order valence-corrected chi connectivity index (χ1v) is 6.38. The van der Waals surface area contributed by atoms with Crippen LogP contribution in [0, 0.1) is 0 Å². The molecule has 0 atom stereocenters. The predicted molar refractivity (Wildman–Crippen MR) is 69.9 cm³/mol. The van der Waals surface area contributed by atoms with Crippen molar-refractivity contribution in [3.05, 3.63) is 10.5 Å². The van der Waals surface area contributed by atoms with Gasteiger partial charge in [-0.15, -0.1) is 0 Å². The molecule has 1 amide bonds. The molecule has 96 valence electrons. The number of hydrogen-bond acceptors (Lipinski definition) is 5. The lowest BCUT2D eigenvalue weighted by molar-refractivity contribution is 0.0530. The number of anilines is 1.